The molecule has 0 saturated carbocycles. The first-order valence-electron chi connectivity index (χ1n) is 28.4. The first-order chi connectivity index (χ1) is 34.0. The highest BCUT2D eigenvalue weighted by Crippen LogP contribution is 2.13. The molecule has 392 valence electrons. The predicted molar refractivity (Wildman–Crippen MR) is 297 cm³/mol. The summed E-state index contributed by atoms with van der Waals surface area (Å²) in [6.45, 7) is 6.48. The molecule has 0 aliphatic heterocycles. The molecule has 0 radical (unpaired) electrons. The van der Waals surface area contributed by atoms with Crippen LogP contribution in [0.25, 0.3) is 0 Å². The van der Waals surface area contributed by atoms with Gasteiger partial charge in [0.25, 0.3) is 0 Å². The number of allylic oxidation sites excluding steroid dienone is 18. The molecule has 1 atom stereocenters. The van der Waals surface area contributed by atoms with E-state index in [-0.39, 0.29) is 44.0 Å². The van der Waals surface area contributed by atoms with Crippen molar-refractivity contribution in [3.63, 3.8) is 0 Å². The third-order valence-electron chi connectivity index (χ3n) is 11.7. The molecule has 0 spiro atoms. The summed E-state index contributed by atoms with van der Waals surface area (Å²) in [7, 11) is 0. The number of carbonyl (C=O) groups excluding carboxylic acids is 3. The Labute approximate surface area is 425 Å². The first-order valence-corrected chi connectivity index (χ1v) is 28.4. The van der Waals surface area contributed by atoms with Gasteiger partial charge in [-0.25, -0.2) is 0 Å². The lowest BCUT2D eigenvalue weighted by molar-refractivity contribution is -0.166. The number of hydrogen-bond acceptors (Lipinski definition) is 6. The lowest BCUT2D eigenvalue weighted by atomic mass is 10.1. The van der Waals surface area contributed by atoms with Gasteiger partial charge in [0.1, 0.15) is 13.2 Å². The topological polar surface area (TPSA) is 78.9 Å². The molecule has 0 rings (SSSR count). The van der Waals surface area contributed by atoms with Gasteiger partial charge in [0, 0.05) is 19.3 Å². The second kappa shape index (κ2) is 56.7. The Bertz CT molecular complexity index is 1420. The van der Waals surface area contributed by atoms with E-state index in [4.69, 9.17) is 14.2 Å². The molecule has 0 fully saturated rings. The Morgan fingerprint density at radius 3 is 0.942 bits per heavy atom. The van der Waals surface area contributed by atoms with Crippen molar-refractivity contribution in [2.75, 3.05) is 13.2 Å². The second-order valence-electron chi connectivity index (χ2n) is 18.5. The maximum absolute atomic E-state index is 12.8. The maximum atomic E-state index is 12.8. The number of hydrogen-bond donors (Lipinski definition) is 0. The van der Waals surface area contributed by atoms with Crippen molar-refractivity contribution in [1.29, 1.82) is 0 Å². The van der Waals surface area contributed by atoms with E-state index in [1.165, 1.54) is 116 Å². The van der Waals surface area contributed by atoms with E-state index in [1.54, 1.807) is 0 Å². The molecule has 0 aliphatic carbocycles. The third kappa shape index (κ3) is 54.9. The van der Waals surface area contributed by atoms with Crippen LogP contribution < -0.4 is 0 Å². The minimum absolute atomic E-state index is 0.114. The zero-order valence-electron chi connectivity index (χ0n) is 44.8. The minimum atomic E-state index is -0.824. The fourth-order valence-corrected chi connectivity index (χ4v) is 7.43. The van der Waals surface area contributed by atoms with E-state index in [0.717, 1.165) is 89.9 Å². The average molecular weight is 958 g/mol. The van der Waals surface area contributed by atoms with Gasteiger partial charge in [-0.3, -0.25) is 14.4 Å². The molecule has 0 bridgehead atoms. The highest BCUT2D eigenvalue weighted by Gasteiger charge is 2.19. The van der Waals surface area contributed by atoms with Crippen LogP contribution in [0.5, 0.6) is 0 Å². The molecule has 6 nitrogen and oxygen atoms in total. The molecule has 0 saturated heterocycles. The van der Waals surface area contributed by atoms with Crippen LogP contribution in [-0.4, -0.2) is 37.2 Å². The van der Waals surface area contributed by atoms with E-state index < -0.39 is 6.10 Å². The smallest absolute Gasteiger partial charge is 0.306 e. The second-order valence-corrected chi connectivity index (χ2v) is 18.5. The van der Waals surface area contributed by atoms with Crippen LogP contribution in [-0.2, 0) is 28.6 Å². The molecule has 0 N–H and O–H groups in total. The SMILES string of the molecule is CCCCC/C=C\C/C=C\C/C=C\C/C=C\C/C=C\CCC(=O)OC[C@H](COC(=O)CCCCCCCCC/C=C\CCCCCC)OC(=O)CCCCCC/C=C\C/C=C\C/C=C\CCCCC. The van der Waals surface area contributed by atoms with Crippen molar-refractivity contribution in [3.05, 3.63) is 109 Å². The molecule has 6 heteroatoms. The van der Waals surface area contributed by atoms with Gasteiger partial charge in [-0.15, -0.1) is 0 Å². The highest BCUT2D eigenvalue weighted by molar-refractivity contribution is 5.71. The summed E-state index contributed by atoms with van der Waals surface area (Å²) in [6.07, 6.45) is 76.5. The Morgan fingerprint density at radius 1 is 0.290 bits per heavy atom. The van der Waals surface area contributed by atoms with Crippen molar-refractivity contribution in [2.24, 2.45) is 0 Å². The molecule has 0 aliphatic rings. The number of carbonyl (C=O) groups is 3. The van der Waals surface area contributed by atoms with Crippen LogP contribution in [0.1, 0.15) is 252 Å². The molecule has 0 amide bonds. The lowest BCUT2D eigenvalue weighted by Gasteiger charge is -2.18. The standard InChI is InChI=1S/C63H104O6/c1-4-7-10-13-16-19-22-25-28-30-31-33-35-38-41-44-47-50-53-56-62(65)68-59-60(58-67-61(64)55-52-49-46-43-40-37-34-27-24-21-18-15-12-9-6-3)69-63(66)57-54-51-48-45-42-39-36-32-29-26-23-20-17-14-11-8-5-2/h16-17,19-21,24-26,28-29,31,33,36,38-39,41,47,50,60H,4-15,18,22-23,27,30,32,34-35,37,40,42-46,48-49,51-59H2,1-3H3/b19-16-,20-17-,24-21-,28-25-,29-26-,33-31-,39-36-,41-38-,50-47-/t60-/m0/s1. The molecule has 0 heterocycles. The zero-order valence-corrected chi connectivity index (χ0v) is 44.8. The van der Waals surface area contributed by atoms with Crippen molar-refractivity contribution in [2.45, 2.75) is 258 Å². The van der Waals surface area contributed by atoms with Gasteiger partial charge in [0.15, 0.2) is 6.10 Å². The molecule has 69 heavy (non-hydrogen) atoms. The predicted octanol–water partition coefficient (Wildman–Crippen LogP) is 19.1. The van der Waals surface area contributed by atoms with Crippen molar-refractivity contribution in [3.8, 4) is 0 Å². The molecule has 0 unspecified atom stereocenters. The molecular formula is C63H104O6. The van der Waals surface area contributed by atoms with Crippen LogP contribution in [0.15, 0.2) is 109 Å². The fourth-order valence-electron chi connectivity index (χ4n) is 7.43. The lowest BCUT2D eigenvalue weighted by Crippen LogP contribution is -2.30. The number of rotatable bonds is 50. The number of ether oxygens (including phenoxy) is 3. The van der Waals surface area contributed by atoms with Gasteiger partial charge in [-0.1, -0.05) is 220 Å². The Balaban J connectivity index is 4.56. The van der Waals surface area contributed by atoms with Crippen molar-refractivity contribution in [1.82, 2.24) is 0 Å². The Hall–Kier alpha value is -3.93. The Kier molecular flexibility index (Phi) is 53.4. The van der Waals surface area contributed by atoms with Crippen LogP contribution in [0.4, 0.5) is 0 Å². The number of esters is 3. The molecule has 0 aromatic rings. The maximum Gasteiger partial charge on any atom is 0.306 e. The van der Waals surface area contributed by atoms with E-state index in [1.807, 2.05) is 6.08 Å². The summed E-state index contributed by atoms with van der Waals surface area (Å²) in [4.78, 5) is 38.1. The summed E-state index contributed by atoms with van der Waals surface area (Å²) in [6, 6.07) is 0. The van der Waals surface area contributed by atoms with Gasteiger partial charge in [0.05, 0.1) is 0 Å². The largest absolute Gasteiger partial charge is 0.462 e. The first kappa shape index (κ1) is 65.1. The van der Waals surface area contributed by atoms with E-state index in [9.17, 15) is 14.4 Å². The summed E-state index contributed by atoms with van der Waals surface area (Å²) < 4.78 is 16.8. The van der Waals surface area contributed by atoms with E-state index in [0.29, 0.717) is 12.8 Å². The zero-order chi connectivity index (χ0) is 50.0. The summed E-state index contributed by atoms with van der Waals surface area (Å²) >= 11 is 0. The van der Waals surface area contributed by atoms with Gasteiger partial charge in [0.2, 0.25) is 0 Å². The van der Waals surface area contributed by atoms with Gasteiger partial charge >= 0.3 is 17.9 Å². The summed E-state index contributed by atoms with van der Waals surface area (Å²) in [5, 5.41) is 0. The van der Waals surface area contributed by atoms with Gasteiger partial charge < -0.3 is 14.2 Å². The summed E-state index contributed by atoms with van der Waals surface area (Å²) in [5.41, 5.74) is 0. The minimum Gasteiger partial charge on any atom is -0.462 e. The van der Waals surface area contributed by atoms with E-state index in [2.05, 4.69) is 124 Å². The van der Waals surface area contributed by atoms with Crippen LogP contribution in [0, 0.1) is 0 Å². The quantitative estimate of drug-likeness (QED) is 0.0262. The Morgan fingerprint density at radius 2 is 0.551 bits per heavy atom. The average Bonchev–Trinajstić information content (AvgIpc) is 3.35. The van der Waals surface area contributed by atoms with Crippen LogP contribution >= 0.6 is 0 Å². The van der Waals surface area contributed by atoms with Crippen LogP contribution in [0.3, 0.4) is 0 Å². The molecular weight excluding hydrogens is 853 g/mol. The molecule has 0 aromatic heterocycles. The highest BCUT2D eigenvalue weighted by atomic mass is 16.6. The number of unbranched alkanes of at least 4 members (excludes halogenated alkanes) is 21. The van der Waals surface area contributed by atoms with Gasteiger partial charge in [-0.05, 0) is 122 Å². The monoisotopic (exact) mass is 957 g/mol. The van der Waals surface area contributed by atoms with E-state index >= 15 is 0 Å². The van der Waals surface area contributed by atoms with Crippen LogP contribution in [0.2, 0.25) is 0 Å². The third-order valence-corrected chi connectivity index (χ3v) is 11.7. The summed E-state index contributed by atoms with van der Waals surface area (Å²) in [5.74, 6) is -1.03. The normalized spacial score (nSPS) is 12.9. The molecule has 0 aromatic carbocycles. The fraction of sp³-hybridized carbons (Fsp3) is 0.667. The van der Waals surface area contributed by atoms with Crippen molar-refractivity contribution >= 4 is 17.9 Å². The van der Waals surface area contributed by atoms with Crippen molar-refractivity contribution < 1.29 is 28.6 Å². The van der Waals surface area contributed by atoms with Gasteiger partial charge in [-0.2, -0.15) is 0 Å².